The number of thiol groups is 1. The lowest BCUT2D eigenvalue weighted by Gasteiger charge is -2.36. The summed E-state index contributed by atoms with van der Waals surface area (Å²) < 4.78 is 5.23. The average molecular weight is 600 g/mol. The van der Waals surface area contributed by atoms with Gasteiger partial charge in [-0.05, 0) is 65.4 Å². The molecule has 1 aliphatic rings. The van der Waals surface area contributed by atoms with Gasteiger partial charge in [-0.15, -0.1) is 11.3 Å². The van der Waals surface area contributed by atoms with Crippen LogP contribution < -0.4 is 0 Å². The van der Waals surface area contributed by atoms with Gasteiger partial charge < -0.3 is 4.57 Å². The molecule has 1 unspecified atom stereocenters. The van der Waals surface area contributed by atoms with E-state index in [9.17, 15) is 0 Å². The van der Waals surface area contributed by atoms with E-state index >= 15 is 0 Å². The van der Waals surface area contributed by atoms with Crippen molar-refractivity contribution in [2.24, 2.45) is 0 Å². The number of thiophene rings is 1. The number of aromatic nitrogens is 1. The molecule has 7 aromatic rings. The number of hydrogen-bond acceptors (Lipinski definition) is 2. The predicted molar refractivity (Wildman–Crippen MR) is 185 cm³/mol. The van der Waals surface area contributed by atoms with Crippen molar-refractivity contribution < 1.29 is 0 Å². The van der Waals surface area contributed by atoms with E-state index in [0.717, 1.165) is 0 Å². The van der Waals surface area contributed by atoms with E-state index in [4.69, 9.17) is 0 Å². The van der Waals surface area contributed by atoms with Crippen LogP contribution in [0.25, 0.3) is 36.9 Å². The third-order valence-corrected chi connectivity index (χ3v) is 13.9. The number of hydrogen-bond donors (Lipinski definition) is 1. The van der Waals surface area contributed by atoms with Gasteiger partial charge in [-0.1, -0.05) is 106 Å². The lowest BCUT2D eigenvalue weighted by atomic mass is 9.95. The molecule has 2 aromatic heterocycles. The first-order valence-electron chi connectivity index (χ1n) is 14.8. The molecule has 4 heteroatoms. The third-order valence-electron chi connectivity index (χ3n) is 8.52. The zero-order valence-corrected chi connectivity index (χ0v) is 26.8. The van der Waals surface area contributed by atoms with Crippen molar-refractivity contribution in [3.8, 4) is 5.69 Å². The molecule has 3 heterocycles. The fraction of sp³-hybridized carbons (Fsp3) is 0.158. The van der Waals surface area contributed by atoms with Crippen LogP contribution in [0.1, 0.15) is 50.7 Å². The molecule has 1 aliphatic heterocycles. The van der Waals surface area contributed by atoms with Gasteiger partial charge in [-0.2, -0.15) is 10.9 Å². The van der Waals surface area contributed by atoms with Crippen molar-refractivity contribution in [2.75, 3.05) is 0 Å². The van der Waals surface area contributed by atoms with Gasteiger partial charge in [0.25, 0.3) is 0 Å². The van der Waals surface area contributed by atoms with Crippen LogP contribution in [-0.2, 0) is 0 Å². The smallest absolute Gasteiger partial charge is 0.0727 e. The van der Waals surface area contributed by atoms with Crippen molar-refractivity contribution in [3.05, 3.63) is 120 Å². The highest BCUT2D eigenvalue weighted by Gasteiger charge is 2.30. The van der Waals surface area contributed by atoms with Crippen molar-refractivity contribution in [2.45, 2.75) is 64.0 Å². The van der Waals surface area contributed by atoms with Crippen LogP contribution >= 0.6 is 34.0 Å². The Hall–Kier alpha value is -3.44. The maximum Gasteiger partial charge on any atom is 0.0727 e. The van der Waals surface area contributed by atoms with E-state index < -0.39 is 10.9 Å². The lowest BCUT2D eigenvalue weighted by Crippen LogP contribution is -2.06. The normalized spacial score (nSPS) is 15.6. The summed E-state index contributed by atoms with van der Waals surface area (Å²) in [6.07, 6.45) is 0. The molecule has 42 heavy (non-hydrogen) atoms. The Morgan fingerprint density at radius 2 is 1.29 bits per heavy atom. The van der Waals surface area contributed by atoms with Crippen LogP contribution in [0.5, 0.6) is 0 Å². The third kappa shape index (κ3) is 3.92. The minimum absolute atomic E-state index is 0.469. The molecule has 0 aliphatic carbocycles. The molecule has 0 N–H and O–H groups in total. The minimum atomic E-state index is -0.691. The zero-order chi connectivity index (χ0) is 28.5. The van der Waals surface area contributed by atoms with Gasteiger partial charge in [0, 0.05) is 45.6 Å². The van der Waals surface area contributed by atoms with E-state index in [-0.39, 0.29) is 0 Å². The molecule has 1 nitrogen and oxygen atoms in total. The highest BCUT2D eigenvalue weighted by molar-refractivity contribution is 8.18. The van der Waals surface area contributed by atoms with Crippen LogP contribution in [0, 0.1) is 0 Å². The molecule has 0 amide bonds. The van der Waals surface area contributed by atoms with E-state index in [0.29, 0.717) is 11.8 Å². The number of rotatable bonds is 4. The first-order chi connectivity index (χ1) is 20.5. The SMILES string of the molecule is CC(C)c1cccc(C(C)C)c1[SH]1c2ccccc2Sc2cc(-n3c4ccccc4c4sc5ccccc5c43)ccc21. The fourth-order valence-electron chi connectivity index (χ4n) is 6.58. The van der Waals surface area contributed by atoms with Crippen molar-refractivity contribution in [1.29, 1.82) is 0 Å². The van der Waals surface area contributed by atoms with Gasteiger partial charge in [0.15, 0.2) is 0 Å². The molecule has 0 saturated carbocycles. The van der Waals surface area contributed by atoms with E-state index in [1.165, 1.54) is 67.6 Å². The standard InChI is InChI=1S/C38H33NS3/c1-23(2)26-14-11-15-27(24(3)4)38(26)42-34-19-10-9-18-32(34)40-33-22-25(20-21-35(33)42)39-30-16-7-5-12-28(30)37-36(39)29-13-6-8-17-31(29)41-37/h5-24,42H,1-4H3. The average Bonchev–Trinajstić information content (AvgIpc) is 3.54. The van der Waals surface area contributed by atoms with Crippen molar-refractivity contribution in [1.82, 2.24) is 4.57 Å². The maximum atomic E-state index is 2.51. The summed E-state index contributed by atoms with van der Waals surface area (Å²) in [5.74, 6) is 0.939. The number of fused-ring (bicyclic) bond motifs is 7. The highest BCUT2D eigenvalue weighted by atomic mass is 32.2. The summed E-state index contributed by atoms with van der Waals surface area (Å²) in [5.41, 5.74) is 6.83. The molecule has 1 atom stereocenters. The Morgan fingerprint density at radius 3 is 2.07 bits per heavy atom. The van der Waals surface area contributed by atoms with Gasteiger partial charge in [0.2, 0.25) is 0 Å². The molecular formula is C38H33NS3. The number of para-hydroxylation sites is 1. The number of nitrogens with zero attached hydrogens (tertiary/aromatic N) is 1. The van der Waals surface area contributed by atoms with Crippen LogP contribution in [0.2, 0.25) is 0 Å². The van der Waals surface area contributed by atoms with Crippen LogP contribution in [0.15, 0.2) is 134 Å². The predicted octanol–water partition coefficient (Wildman–Crippen LogP) is 12.2. The first kappa shape index (κ1) is 26.2. The zero-order valence-electron chi connectivity index (χ0n) is 24.3. The minimum Gasteiger partial charge on any atom is -0.308 e. The summed E-state index contributed by atoms with van der Waals surface area (Å²) in [6.45, 7) is 9.39. The summed E-state index contributed by atoms with van der Waals surface area (Å²) in [6, 6.07) is 41.2. The molecule has 8 rings (SSSR count). The van der Waals surface area contributed by atoms with Crippen LogP contribution in [0.3, 0.4) is 0 Å². The molecule has 0 spiro atoms. The Kier molecular flexibility index (Phi) is 6.29. The monoisotopic (exact) mass is 599 g/mol. The number of benzene rings is 5. The van der Waals surface area contributed by atoms with Gasteiger partial charge in [-0.25, -0.2) is 0 Å². The molecule has 5 aromatic carbocycles. The Morgan fingerprint density at radius 1 is 0.619 bits per heavy atom. The maximum absolute atomic E-state index is 2.51. The van der Waals surface area contributed by atoms with E-state index in [2.05, 4.69) is 141 Å². The molecule has 208 valence electrons. The topological polar surface area (TPSA) is 4.93 Å². The summed E-state index contributed by atoms with van der Waals surface area (Å²) in [5, 5.41) is 2.67. The summed E-state index contributed by atoms with van der Waals surface area (Å²) in [4.78, 5) is 7.32. The Labute approximate surface area is 258 Å². The van der Waals surface area contributed by atoms with Gasteiger partial charge in [0.05, 0.1) is 15.7 Å². The first-order valence-corrected chi connectivity index (χ1v) is 17.7. The van der Waals surface area contributed by atoms with E-state index in [1.807, 2.05) is 23.1 Å². The fourth-order valence-corrected chi connectivity index (χ4v) is 12.5. The largest absolute Gasteiger partial charge is 0.308 e. The quantitative estimate of drug-likeness (QED) is 0.197. The molecule has 0 saturated heterocycles. The van der Waals surface area contributed by atoms with Gasteiger partial charge in [0.1, 0.15) is 0 Å². The van der Waals surface area contributed by atoms with Crippen LogP contribution in [0.4, 0.5) is 0 Å². The second kappa shape index (κ2) is 10.1. The van der Waals surface area contributed by atoms with Crippen molar-refractivity contribution in [3.63, 3.8) is 0 Å². The summed E-state index contributed by atoms with van der Waals surface area (Å²) in [7, 11) is -0.691. The van der Waals surface area contributed by atoms with Crippen LogP contribution in [-0.4, -0.2) is 4.57 Å². The van der Waals surface area contributed by atoms with E-state index in [1.54, 1.807) is 4.90 Å². The molecule has 0 fully saturated rings. The summed E-state index contributed by atoms with van der Waals surface area (Å²) >= 11 is 3.85. The highest BCUT2D eigenvalue weighted by Crippen LogP contribution is 2.64. The van der Waals surface area contributed by atoms with Gasteiger partial charge in [-0.3, -0.25) is 0 Å². The van der Waals surface area contributed by atoms with Gasteiger partial charge >= 0.3 is 0 Å². The molecular weight excluding hydrogens is 567 g/mol. The Bertz CT molecular complexity index is 2110. The second-order valence-electron chi connectivity index (χ2n) is 11.8. The van der Waals surface area contributed by atoms with Crippen molar-refractivity contribution >= 4 is 65.2 Å². The Balaban J connectivity index is 1.40. The molecule has 0 radical (unpaired) electrons. The lowest BCUT2D eigenvalue weighted by molar-refractivity contribution is 0.791. The second-order valence-corrected chi connectivity index (χ2v) is 16.0. The molecule has 0 bridgehead atoms.